The van der Waals surface area contributed by atoms with Crippen LogP contribution in [-0.4, -0.2) is 22.4 Å². The molecule has 0 saturated carbocycles. The first-order chi connectivity index (χ1) is 13.1. The number of nitrogens with one attached hydrogen (secondary N) is 2. The highest BCUT2D eigenvalue weighted by Crippen LogP contribution is 2.29. The molecule has 0 unspecified atom stereocenters. The Morgan fingerprint density at radius 1 is 1.00 bits per heavy atom. The van der Waals surface area contributed by atoms with Crippen molar-refractivity contribution >= 4 is 17.4 Å². The number of anilines is 2. The summed E-state index contributed by atoms with van der Waals surface area (Å²) < 4.78 is 5.86. The smallest absolute Gasteiger partial charge is 0.275 e. The zero-order valence-corrected chi connectivity index (χ0v) is 15.3. The first kappa shape index (κ1) is 18.4. The van der Waals surface area contributed by atoms with E-state index in [-0.39, 0.29) is 11.6 Å². The van der Waals surface area contributed by atoms with Crippen LogP contribution in [0.1, 0.15) is 24.3 Å². The third-order valence-corrected chi connectivity index (χ3v) is 3.68. The monoisotopic (exact) mass is 362 g/mol. The summed E-state index contributed by atoms with van der Waals surface area (Å²) in [4.78, 5) is 20.9. The number of carbonyl (C=O) groups is 1. The summed E-state index contributed by atoms with van der Waals surface area (Å²) in [6.07, 6.45) is 3.02. The number of ether oxygens (including phenoxy) is 1. The Morgan fingerprint density at radius 2 is 1.74 bits per heavy atom. The quantitative estimate of drug-likeness (QED) is 0.643. The Hall–Kier alpha value is -3.41. The second kappa shape index (κ2) is 8.80. The molecule has 0 atom stereocenters. The van der Waals surface area contributed by atoms with Gasteiger partial charge in [0.05, 0.1) is 18.1 Å². The number of para-hydroxylation sites is 3. The van der Waals surface area contributed by atoms with Gasteiger partial charge in [0, 0.05) is 6.54 Å². The summed E-state index contributed by atoms with van der Waals surface area (Å²) in [5.74, 6) is 2.05. The fraction of sp³-hybridized carbons (Fsp3) is 0.190. The van der Waals surface area contributed by atoms with Crippen molar-refractivity contribution in [3.05, 3.63) is 72.7 Å². The highest BCUT2D eigenvalue weighted by atomic mass is 16.5. The molecule has 2 aromatic carbocycles. The molecule has 0 fully saturated rings. The fourth-order valence-electron chi connectivity index (χ4n) is 2.31. The van der Waals surface area contributed by atoms with Crippen LogP contribution in [0, 0.1) is 5.92 Å². The highest BCUT2D eigenvalue weighted by Gasteiger charge is 2.12. The maximum absolute atomic E-state index is 12.5. The van der Waals surface area contributed by atoms with Crippen molar-refractivity contribution in [3.8, 4) is 11.5 Å². The summed E-state index contributed by atoms with van der Waals surface area (Å²) in [5.41, 5.74) is 0.801. The minimum Gasteiger partial charge on any atom is -0.455 e. The van der Waals surface area contributed by atoms with Gasteiger partial charge in [0.1, 0.15) is 17.3 Å². The van der Waals surface area contributed by atoms with Gasteiger partial charge in [0.2, 0.25) is 0 Å². The van der Waals surface area contributed by atoms with Crippen molar-refractivity contribution in [2.75, 3.05) is 17.2 Å². The Kier molecular flexibility index (Phi) is 5.99. The topological polar surface area (TPSA) is 76.1 Å². The minimum atomic E-state index is -0.345. The molecular weight excluding hydrogens is 340 g/mol. The number of carbonyl (C=O) groups excluding carboxylic acids is 1. The largest absolute Gasteiger partial charge is 0.455 e. The standard InChI is InChI=1S/C21H22N4O2/c1-15(2)12-23-20-14-22-18(13-24-20)21(26)25-17-10-6-7-11-19(17)27-16-8-4-3-5-9-16/h3-11,13-15H,12H2,1-2H3,(H,23,24)(H,25,26). The van der Waals surface area contributed by atoms with Crippen LogP contribution in [0.3, 0.4) is 0 Å². The van der Waals surface area contributed by atoms with Gasteiger partial charge in [-0.25, -0.2) is 9.97 Å². The molecule has 0 aliphatic rings. The normalized spacial score (nSPS) is 10.5. The maximum atomic E-state index is 12.5. The maximum Gasteiger partial charge on any atom is 0.275 e. The van der Waals surface area contributed by atoms with Crippen LogP contribution in [0.4, 0.5) is 11.5 Å². The van der Waals surface area contributed by atoms with E-state index < -0.39 is 0 Å². The highest BCUT2D eigenvalue weighted by molar-refractivity contribution is 6.03. The molecule has 0 saturated heterocycles. The first-order valence-corrected chi connectivity index (χ1v) is 8.81. The molecular formula is C21H22N4O2. The van der Waals surface area contributed by atoms with Crippen molar-refractivity contribution in [2.24, 2.45) is 5.92 Å². The molecule has 138 valence electrons. The minimum absolute atomic E-state index is 0.236. The van der Waals surface area contributed by atoms with E-state index in [1.807, 2.05) is 42.5 Å². The molecule has 6 nitrogen and oxygen atoms in total. The van der Waals surface area contributed by atoms with Crippen molar-refractivity contribution < 1.29 is 9.53 Å². The van der Waals surface area contributed by atoms with Crippen LogP contribution in [-0.2, 0) is 0 Å². The lowest BCUT2D eigenvalue weighted by atomic mass is 10.2. The molecule has 2 N–H and O–H groups in total. The van der Waals surface area contributed by atoms with E-state index in [1.54, 1.807) is 18.3 Å². The molecule has 0 aliphatic heterocycles. The molecule has 0 bridgehead atoms. The summed E-state index contributed by atoms with van der Waals surface area (Å²) in [5, 5.41) is 6.00. The molecule has 1 heterocycles. The summed E-state index contributed by atoms with van der Waals surface area (Å²) in [6, 6.07) is 16.7. The van der Waals surface area contributed by atoms with Crippen molar-refractivity contribution in [3.63, 3.8) is 0 Å². The van der Waals surface area contributed by atoms with Gasteiger partial charge in [-0.15, -0.1) is 0 Å². The van der Waals surface area contributed by atoms with Gasteiger partial charge in [0.15, 0.2) is 5.75 Å². The van der Waals surface area contributed by atoms with Gasteiger partial charge in [0.25, 0.3) is 5.91 Å². The number of benzene rings is 2. The Labute approximate surface area is 158 Å². The van der Waals surface area contributed by atoms with Crippen LogP contribution in [0.2, 0.25) is 0 Å². The number of aromatic nitrogens is 2. The zero-order chi connectivity index (χ0) is 19.1. The molecule has 3 aromatic rings. The van der Waals surface area contributed by atoms with Crippen LogP contribution < -0.4 is 15.4 Å². The van der Waals surface area contributed by atoms with Crippen molar-refractivity contribution in [1.82, 2.24) is 9.97 Å². The van der Waals surface area contributed by atoms with E-state index >= 15 is 0 Å². The molecule has 1 amide bonds. The molecule has 0 radical (unpaired) electrons. The van der Waals surface area contributed by atoms with E-state index in [0.717, 1.165) is 6.54 Å². The first-order valence-electron chi connectivity index (χ1n) is 8.81. The lowest BCUT2D eigenvalue weighted by Gasteiger charge is -2.12. The second-order valence-corrected chi connectivity index (χ2v) is 6.43. The third kappa shape index (κ3) is 5.28. The van der Waals surface area contributed by atoms with E-state index in [1.165, 1.54) is 6.20 Å². The van der Waals surface area contributed by atoms with Gasteiger partial charge in [-0.2, -0.15) is 0 Å². The number of rotatable bonds is 7. The average molecular weight is 362 g/mol. The predicted octanol–water partition coefficient (Wildman–Crippen LogP) is 4.59. The van der Waals surface area contributed by atoms with Crippen molar-refractivity contribution in [2.45, 2.75) is 13.8 Å². The summed E-state index contributed by atoms with van der Waals surface area (Å²) >= 11 is 0. The van der Waals surface area contributed by atoms with Gasteiger partial charge < -0.3 is 15.4 Å². The Bertz CT molecular complexity index is 880. The van der Waals surface area contributed by atoms with Crippen LogP contribution in [0.25, 0.3) is 0 Å². The number of amides is 1. The van der Waals surface area contributed by atoms with Crippen LogP contribution in [0.5, 0.6) is 11.5 Å². The molecule has 0 aliphatic carbocycles. The number of hydrogen-bond donors (Lipinski definition) is 2. The van der Waals surface area contributed by atoms with Crippen molar-refractivity contribution in [1.29, 1.82) is 0 Å². The van der Waals surface area contributed by atoms with E-state index in [4.69, 9.17) is 4.74 Å². The third-order valence-electron chi connectivity index (χ3n) is 3.68. The number of nitrogens with zero attached hydrogens (tertiary/aromatic N) is 2. The summed E-state index contributed by atoms with van der Waals surface area (Å²) in [7, 11) is 0. The Balaban J connectivity index is 1.69. The molecule has 0 spiro atoms. The fourth-order valence-corrected chi connectivity index (χ4v) is 2.31. The van der Waals surface area contributed by atoms with Gasteiger partial charge in [-0.3, -0.25) is 4.79 Å². The molecule has 27 heavy (non-hydrogen) atoms. The Morgan fingerprint density at radius 3 is 2.44 bits per heavy atom. The van der Waals surface area contributed by atoms with Crippen LogP contribution in [0.15, 0.2) is 67.0 Å². The van der Waals surface area contributed by atoms with Crippen LogP contribution >= 0.6 is 0 Å². The van der Waals surface area contributed by atoms with Gasteiger partial charge in [-0.05, 0) is 30.2 Å². The molecule has 3 rings (SSSR count). The predicted molar refractivity (Wildman–Crippen MR) is 106 cm³/mol. The summed E-state index contributed by atoms with van der Waals surface area (Å²) in [6.45, 7) is 5.01. The molecule has 1 aromatic heterocycles. The average Bonchev–Trinajstić information content (AvgIpc) is 2.69. The second-order valence-electron chi connectivity index (χ2n) is 6.43. The lowest BCUT2D eigenvalue weighted by molar-refractivity contribution is 0.102. The SMILES string of the molecule is CC(C)CNc1cnc(C(=O)Nc2ccccc2Oc2ccccc2)cn1. The van der Waals surface area contributed by atoms with Gasteiger partial charge >= 0.3 is 0 Å². The lowest BCUT2D eigenvalue weighted by Crippen LogP contribution is -2.15. The van der Waals surface area contributed by atoms with E-state index in [2.05, 4.69) is 34.4 Å². The van der Waals surface area contributed by atoms with E-state index in [0.29, 0.717) is 28.9 Å². The van der Waals surface area contributed by atoms with E-state index in [9.17, 15) is 4.79 Å². The number of hydrogen-bond acceptors (Lipinski definition) is 5. The zero-order valence-electron chi connectivity index (χ0n) is 15.3. The van der Waals surface area contributed by atoms with Gasteiger partial charge in [-0.1, -0.05) is 44.2 Å². The molecule has 6 heteroatoms.